The predicted octanol–water partition coefficient (Wildman–Crippen LogP) is 1.80. The van der Waals surface area contributed by atoms with Gasteiger partial charge >= 0.3 is 12.0 Å². The molecule has 2 aromatic carbocycles. The molecule has 3 N–H and O–H groups in total. The summed E-state index contributed by atoms with van der Waals surface area (Å²) in [5.74, 6) is -1.81. The summed E-state index contributed by atoms with van der Waals surface area (Å²) in [5.41, 5.74) is 1.26. The van der Waals surface area contributed by atoms with Crippen molar-refractivity contribution in [3.05, 3.63) is 65.2 Å². The van der Waals surface area contributed by atoms with Gasteiger partial charge in [0.05, 0.1) is 16.7 Å². The Hall–Kier alpha value is -3.68. The number of nitrogens with zero attached hydrogens (tertiary/aromatic N) is 1. The van der Waals surface area contributed by atoms with Crippen molar-refractivity contribution in [3.8, 4) is 0 Å². The quantitative estimate of drug-likeness (QED) is 0.709. The molecule has 132 valence electrons. The molecule has 0 saturated carbocycles. The first kappa shape index (κ1) is 17.2. The number of hydrogen-bond acceptors (Lipinski definition) is 4. The van der Waals surface area contributed by atoms with Gasteiger partial charge < -0.3 is 15.7 Å². The average molecular weight is 353 g/mol. The number of nitrogens with one attached hydrogen (secondary N) is 2. The number of imide groups is 1. The first-order valence-corrected chi connectivity index (χ1v) is 7.81. The first-order chi connectivity index (χ1) is 12.5. The van der Waals surface area contributed by atoms with Crippen LogP contribution in [0.2, 0.25) is 0 Å². The zero-order valence-corrected chi connectivity index (χ0v) is 13.6. The number of carbonyl (C=O) groups excluding carboxylic acids is 3. The van der Waals surface area contributed by atoms with E-state index in [0.717, 1.165) is 4.90 Å². The number of rotatable bonds is 5. The molecule has 0 unspecified atom stereocenters. The molecule has 1 aliphatic heterocycles. The van der Waals surface area contributed by atoms with E-state index in [9.17, 15) is 19.2 Å². The van der Waals surface area contributed by atoms with Crippen molar-refractivity contribution in [3.63, 3.8) is 0 Å². The molecular formula is C18H15N3O5. The Balaban J connectivity index is 1.51. The Morgan fingerprint density at radius 3 is 2.04 bits per heavy atom. The summed E-state index contributed by atoms with van der Waals surface area (Å²) in [7, 11) is 0. The fraction of sp³-hybridized carbons (Fsp3) is 0.111. The molecule has 4 amide bonds. The van der Waals surface area contributed by atoms with Crippen molar-refractivity contribution in [2.24, 2.45) is 0 Å². The van der Waals surface area contributed by atoms with Gasteiger partial charge in [0.15, 0.2) is 0 Å². The Morgan fingerprint density at radius 1 is 0.923 bits per heavy atom. The van der Waals surface area contributed by atoms with Crippen molar-refractivity contribution < 1.29 is 24.3 Å². The minimum absolute atomic E-state index is 0.0533. The van der Waals surface area contributed by atoms with Gasteiger partial charge in [-0.05, 0) is 36.4 Å². The molecule has 3 rings (SSSR count). The molecule has 26 heavy (non-hydrogen) atoms. The molecule has 0 radical (unpaired) electrons. The largest absolute Gasteiger partial charge is 0.478 e. The minimum atomic E-state index is -1.05. The molecule has 0 atom stereocenters. The van der Waals surface area contributed by atoms with E-state index in [1.165, 1.54) is 24.3 Å². The standard InChI is InChI=1S/C18H15N3O5/c22-15-13-3-1-2-4-14(13)16(23)21(15)10-9-19-18(26)20-12-7-5-11(6-8-12)17(24)25/h1-8H,9-10H2,(H,24,25)(H2,19,20,26). The summed E-state index contributed by atoms with van der Waals surface area (Å²) in [5, 5.41) is 13.9. The van der Waals surface area contributed by atoms with E-state index in [0.29, 0.717) is 16.8 Å². The van der Waals surface area contributed by atoms with Crippen molar-refractivity contribution in [2.75, 3.05) is 18.4 Å². The smallest absolute Gasteiger partial charge is 0.335 e. The molecule has 8 heteroatoms. The van der Waals surface area contributed by atoms with Gasteiger partial charge in [0.1, 0.15) is 0 Å². The molecule has 2 aromatic rings. The molecule has 1 heterocycles. The molecule has 0 bridgehead atoms. The summed E-state index contributed by atoms with van der Waals surface area (Å²) in [6.07, 6.45) is 0. The SMILES string of the molecule is O=C(NCCN1C(=O)c2ccccc2C1=O)Nc1ccc(C(=O)O)cc1. The van der Waals surface area contributed by atoms with Crippen LogP contribution >= 0.6 is 0 Å². The van der Waals surface area contributed by atoms with Gasteiger partial charge in [0.2, 0.25) is 0 Å². The summed E-state index contributed by atoms with van der Waals surface area (Å²) < 4.78 is 0. The topological polar surface area (TPSA) is 116 Å². The van der Waals surface area contributed by atoms with Crippen LogP contribution < -0.4 is 10.6 Å². The average Bonchev–Trinajstić information content (AvgIpc) is 2.87. The molecule has 0 saturated heterocycles. The summed E-state index contributed by atoms with van der Waals surface area (Å²) in [4.78, 5) is 48.1. The molecular weight excluding hydrogens is 338 g/mol. The normalized spacial score (nSPS) is 12.7. The van der Waals surface area contributed by atoms with Crippen LogP contribution in [0.4, 0.5) is 10.5 Å². The Bertz CT molecular complexity index is 857. The van der Waals surface area contributed by atoms with Gasteiger partial charge in [-0.3, -0.25) is 14.5 Å². The van der Waals surface area contributed by atoms with E-state index in [1.807, 2.05) is 0 Å². The highest BCUT2D eigenvalue weighted by atomic mass is 16.4. The highest BCUT2D eigenvalue weighted by Crippen LogP contribution is 2.21. The molecule has 1 aliphatic rings. The number of aromatic carboxylic acids is 1. The number of carbonyl (C=O) groups is 4. The summed E-state index contributed by atoms with van der Waals surface area (Å²) >= 11 is 0. The third-order valence-corrected chi connectivity index (χ3v) is 3.89. The number of urea groups is 1. The Kier molecular flexibility index (Phi) is 4.66. The zero-order chi connectivity index (χ0) is 18.7. The van der Waals surface area contributed by atoms with Crippen molar-refractivity contribution >= 4 is 29.5 Å². The second kappa shape index (κ2) is 7.06. The third-order valence-electron chi connectivity index (χ3n) is 3.89. The van der Waals surface area contributed by atoms with E-state index < -0.39 is 12.0 Å². The number of carboxylic acid groups (broad SMARTS) is 1. The highest BCUT2D eigenvalue weighted by Gasteiger charge is 2.34. The van der Waals surface area contributed by atoms with Crippen molar-refractivity contribution in [1.29, 1.82) is 0 Å². The van der Waals surface area contributed by atoms with E-state index in [1.54, 1.807) is 24.3 Å². The number of carboxylic acids is 1. The van der Waals surface area contributed by atoms with E-state index in [2.05, 4.69) is 10.6 Å². The minimum Gasteiger partial charge on any atom is -0.478 e. The Labute approximate surface area is 148 Å². The molecule has 0 spiro atoms. The van der Waals surface area contributed by atoms with Crippen LogP contribution in [0.1, 0.15) is 31.1 Å². The lowest BCUT2D eigenvalue weighted by molar-refractivity contribution is 0.0652. The van der Waals surface area contributed by atoms with Crippen LogP contribution in [0.25, 0.3) is 0 Å². The maximum Gasteiger partial charge on any atom is 0.335 e. The van der Waals surface area contributed by atoms with Gasteiger partial charge in [-0.15, -0.1) is 0 Å². The lowest BCUT2D eigenvalue weighted by Crippen LogP contribution is -2.39. The number of benzene rings is 2. The van der Waals surface area contributed by atoms with Gasteiger partial charge in [-0.25, -0.2) is 9.59 Å². The van der Waals surface area contributed by atoms with Crippen LogP contribution in [0.15, 0.2) is 48.5 Å². The van der Waals surface area contributed by atoms with Crippen LogP contribution in [0.5, 0.6) is 0 Å². The second-order valence-electron chi connectivity index (χ2n) is 5.57. The highest BCUT2D eigenvalue weighted by molar-refractivity contribution is 6.21. The van der Waals surface area contributed by atoms with Crippen LogP contribution in [0, 0.1) is 0 Å². The third kappa shape index (κ3) is 3.39. The number of anilines is 1. The summed E-state index contributed by atoms with van der Waals surface area (Å²) in [6, 6.07) is 11.7. The summed E-state index contributed by atoms with van der Waals surface area (Å²) in [6.45, 7) is 0.141. The van der Waals surface area contributed by atoms with Crippen molar-refractivity contribution in [2.45, 2.75) is 0 Å². The molecule has 0 aromatic heterocycles. The van der Waals surface area contributed by atoms with E-state index in [-0.39, 0.29) is 30.5 Å². The van der Waals surface area contributed by atoms with Crippen LogP contribution in [-0.4, -0.2) is 46.9 Å². The zero-order valence-electron chi connectivity index (χ0n) is 13.6. The number of amides is 4. The van der Waals surface area contributed by atoms with Crippen molar-refractivity contribution in [1.82, 2.24) is 10.2 Å². The fourth-order valence-corrected chi connectivity index (χ4v) is 2.59. The van der Waals surface area contributed by atoms with Gasteiger partial charge in [-0.2, -0.15) is 0 Å². The monoisotopic (exact) mass is 353 g/mol. The predicted molar refractivity (Wildman–Crippen MR) is 92.2 cm³/mol. The van der Waals surface area contributed by atoms with E-state index in [4.69, 9.17) is 5.11 Å². The maximum atomic E-state index is 12.2. The van der Waals surface area contributed by atoms with Gasteiger partial charge in [0, 0.05) is 18.8 Å². The van der Waals surface area contributed by atoms with Crippen LogP contribution in [0.3, 0.4) is 0 Å². The molecule has 0 fully saturated rings. The van der Waals surface area contributed by atoms with Gasteiger partial charge in [-0.1, -0.05) is 12.1 Å². The number of fused-ring (bicyclic) bond motifs is 1. The lowest BCUT2D eigenvalue weighted by Gasteiger charge is -2.14. The lowest BCUT2D eigenvalue weighted by atomic mass is 10.1. The molecule has 8 nitrogen and oxygen atoms in total. The Morgan fingerprint density at radius 2 is 1.50 bits per heavy atom. The second-order valence-corrected chi connectivity index (χ2v) is 5.57. The maximum absolute atomic E-state index is 12.2. The van der Waals surface area contributed by atoms with Crippen LogP contribution in [-0.2, 0) is 0 Å². The first-order valence-electron chi connectivity index (χ1n) is 7.81. The molecule has 0 aliphatic carbocycles. The fourth-order valence-electron chi connectivity index (χ4n) is 2.59. The van der Waals surface area contributed by atoms with E-state index >= 15 is 0 Å². The number of hydrogen-bond donors (Lipinski definition) is 3. The van der Waals surface area contributed by atoms with Gasteiger partial charge in [0.25, 0.3) is 11.8 Å².